The van der Waals surface area contributed by atoms with Gasteiger partial charge in [0.15, 0.2) is 22.9 Å². The lowest BCUT2D eigenvalue weighted by Gasteiger charge is -2.38. The fourth-order valence-corrected chi connectivity index (χ4v) is 7.57. The van der Waals surface area contributed by atoms with Crippen LogP contribution in [0.1, 0.15) is 66.7 Å². The van der Waals surface area contributed by atoms with E-state index >= 15 is 0 Å². The van der Waals surface area contributed by atoms with Crippen LogP contribution in [0, 0.1) is 5.92 Å². The van der Waals surface area contributed by atoms with Gasteiger partial charge in [-0.15, -0.1) is 22.0 Å². The van der Waals surface area contributed by atoms with E-state index in [1.54, 1.807) is 18.7 Å². The van der Waals surface area contributed by atoms with E-state index in [2.05, 4.69) is 15.5 Å². The third kappa shape index (κ3) is 6.30. The van der Waals surface area contributed by atoms with Gasteiger partial charge in [0.2, 0.25) is 17.3 Å². The van der Waals surface area contributed by atoms with Crippen LogP contribution in [0.5, 0.6) is 17.2 Å². The van der Waals surface area contributed by atoms with Crippen LogP contribution in [0.25, 0.3) is 5.65 Å². The molecule has 6 rings (SSSR count). The standard InChI is InChI=1S/C37H39ClN4O7S/c1-21-18-25(43)31(35(45)37(21)36(46)32-26(47-2)20-27(48-3)33(38)34(32)49-37)24(22-12-14-23(50-4)15-13-22)19-30(44)39-16-8-5-6-10-28-40-41-29-11-7-9-17-42(28)29/h7,9,11-15,17,20-21,24,45H,5-6,8,10,16,18-19H2,1-4H3,(H,39,44). The number of hydrogen-bond acceptors (Lipinski definition) is 10. The number of ether oxygens (including phenoxy) is 3. The minimum Gasteiger partial charge on any atom is -0.507 e. The average molecular weight is 719 g/mol. The molecule has 0 saturated heterocycles. The molecule has 1 spiro atoms. The molecule has 3 atom stereocenters. The number of aliphatic hydroxyl groups excluding tert-OH is 1. The number of ketones is 2. The smallest absolute Gasteiger partial charge is 0.231 e. The summed E-state index contributed by atoms with van der Waals surface area (Å²) < 4.78 is 19.2. The van der Waals surface area contributed by atoms with Crippen LogP contribution < -0.4 is 19.5 Å². The summed E-state index contributed by atoms with van der Waals surface area (Å²) in [6.07, 6.45) is 6.92. The Morgan fingerprint density at radius 2 is 1.88 bits per heavy atom. The molecule has 4 aromatic rings. The first-order valence-electron chi connectivity index (χ1n) is 16.5. The second-order valence-electron chi connectivity index (χ2n) is 12.5. The van der Waals surface area contributed by atoms with Crippen molar-refractivity contribution in [3.8, 4) is 17.2 Å². The largest absolute Gasteiger partial charge is 0.507 e. The third-order valence-electron chi connectivity index (χ3n) is 9.55. The number of unbranched alkanes of at least 4 members (excludes halogenated alkanes) is 2. The van der Waals surface area contributed by atoms with Crippen molar-refractivity contribution in [1.82, 2.24) is 19.9 Å². The van der Waals surface area contributed by atoms with Gasteiger partial charge < -0.3 is 24.6 Å². The maximum atomic E-state index is 14.3. The summed E-state index contributed by atoms with van der Waals surface area (Å²) in [5.74, 6) is -2.06. The zero-order chi connectivity index (χ0) is 35.6. The van der Waals surface area contributed by atoms with E-state index in [9.17, 15) is 19.5 Å². The number of thioether (sulfide) groups is 1. The molecule has 3 heterocycles. The molecular formula is C37H39ClN4O7S. The summed E-state index contributed by atoms with van der Waals surface area (Å²) in [7, 11) is 2.83. The Hall–Kier alpha value is -4.55. The summed E-state index contributed by atoms with van der Waals surface area (Å²) in [6.45, 7) is 2.11. The van der Waals surface area contributed by atoms with Gasteiger partial charge in [0.25, 0.3) is 0 Å². The molecule has 0 bridgehead atoms. The molecule has 3 unspecified atom stereocenters. The van der Waals surface area contributed by atoms with Gasteiger partial charge in [0.05, 0.1) is 14.2 Å². The van der Waals surface area contributed by atoms with E-state index < -0.39 is 29.0 Å². The molecule has 0 radical (unpaired) electrons. The van der Waals surface area contributed by atoms with Crippen molar-refractivity contribution < 1.29 is 33.7 Å². The fraction of sp³-hybridized carbons (Fsp3) is 0.378. The molecule has 1 amide bonds. The van der Waals surface area contributed by atoms with Gasteiger partial charge in [0, 0.05) is 60.4 Å². The number of aromatic nitrogens is 3. The molecule has 2 aromatic carbocycles. The highest BCUT2D eigenvalue weighted by Gasteiger charge is 2.61. The number of carbonyl (C=O) groups excluding carboxylic acids is 3. The van der Waals surface area contributed by atoms with Crippen molar-refractivity contribution in [3.05, 3.63) is 88.0 Å². The summed E-state index contributed by atoms with van der Waals surface area (Å²) in [6, 6.07) is 14.7. The number of pyridine rings is 1. The zero-order valence-electron chi connectivity index (χ0n) is 28.3. The van der Waals surface area contributed by atoms with Crippen LogP contribution in [0.2, 0.25) is 5.02 Å². The highest BCUT2D eigenvalue weighted by atomic mass is 35.5. The van der Waals surface area contributed by atoms with Crippen molar-refractivity contribution in [2.75, 3.05) is 27.0 Å². The maximum Gasteiger partial charge on any atom is 0.231 e. The molecule has 13 heteroatoms. The Balaban J connectivity index is 1.24. The molecular weight excluding hydrogens is 680 g/mol. The van der Waals surface area contributed by atoms with Crippen LogP contribution >= 0.6 is 23.4 Å². The Bertz CT molecular complexity index is 1980. The molecule has 262 valence electrons. The number of benzene rings is 2. The Morgan fingerprint density at radius 1 is 1.12 bits per heavy atom. The second kappa shape index (κ2) is 14.7. The molecule has 11 nitrogen and oxygen atoms in total. The maximum absolute atomic E-state index is 14.3. The van der Waals surface area contributed by atoms with Crippen molar-refractivity contribution in [1.29, 1.82) is 0 Å². The number of methoxy groups -OCH3 is 2. The van der Waals surface area contributed by atoms with Crippen LogP contribution in [-0.2, 0) is 16.0 Å². The molecule has 2 aliphatic rings. The zero-order valence-corrected chi connectivity index (χ0v) is 29.9. The first-order valence-corrected chi connectivity index (χ1v) is 18.1. The predicted octanol–water partition coefficient (Wildman–Crippen LogP) is 6.56. The average Bonchev–Trinajstić information content (AvgIpc) is 3.68. The number of Topliss-reactive ketones (excluding diaryl/α,β-unsaturated/α-hetero) is 2. The molecule has 50 heavy (non-hydrogen) atoms. The van der Waals surface area contributed by atoms with Crippen molar-refractivity contribution >= 4 is 46.5 Å². The van der Waals surface area contributed by atoms with Crippen LogP contribution in [0.4, 0.5) is 0 Å². The topological polar surface area (TPSA) is 141 Å². The minimum atomic E-state index is -1.95. The SMILES string of the molecule is COc1cc(OC)c2c(c1Cl)OC1(C2=O)C(O)=C(C(CC(=O)NCCCCCc2nnc3ccccn23)c2ccc(SC)cc2)C(=O)CC1C. The van der Waals surface area contributed by atoms with Gasteiger partial charge >= 0.3 is 0 Å². The van der Waals surface area contributed by atoms with Gasteiger partial charge in [-0.1, -0.05) is 43.1 Å². The first-order chi connectivity index (χ1) is 24.1. The number of hydrogen-bond donors (Lipinski definition) is 2. The van der Waals surface area contributed by atoms with Crippen molar-refractivity contribution in [2.45, 2.75) is 61.9 Å². The molecule has 1 aliphatic heterocycles. The predicted molar refractivity (Wildman–Crippen MR) is 190 cm³/mol. The van der Waals surface area contributed by atoms with E-state index in [-0.39, 0.29) is 57.9 Å². The second-order valence-corrected chi connectivity index (χ2v) is 13.7. The normalized spacial score (nSPS) is 19.1. The van der Waals surface area contributed by atoms with Gasteiger partial charge in [-0.05, 0) is 48.9 Å². The van der Waals surface area contributed by atoms with Gasteiger partial charge in [-0.3, -0.25) is 18.8 Å². The van der Waals surface area contributed by atoms with Gasteiger partial charge in [-0.2, -0.15) is 0 Å². The number of aryl methyl sites for hydroxylation is 1. The van der Waals surface area contributed by atoms with E-state index in [0.29, 0.717) is 12.1 Å². The summed E-state index contributed by atoms with van der Waals surface area (Å²) in [5, 5.41) is 23.6. The highest BCUT2D eigenvalue weighted by Crippen LogP contribution is 2.55. The van der Waals surface area contributed by atoms with E-state index in [1.807, 2.05) is 59.3 Å². The number of fused-ring (bicyclic) bond motifs is 2. The lowest BCUT2D eigenvalue weighted by Crippen LogP contribution is -2.53. The number of carbonyl (C=O) groups is 3. The number of allylic oxidation sites excluding steroid dienone is 1. The summed E-state index contributed by atoms with van der Waals surface area (Å²) >= 11 is 8.17. The number of rotatable bonds is 13. The minimum absolute atomic E-state index is 0.00998. The number of amides is 1. The quantitative estimate of drug-likeness (QED) is 0.115. The van der Waals surface area contributed by atoms with Crippen LogP contribution in [0.3, 0.4) is 0 Å². The number of halogens is 1. The monoisotopic (exact) mass is 718 g/mol. The molecule has 0 saturated carbocycles. The lowest BCUT2D eigenvalue weighted by atomic mass is 9.69. The summed E-state index contributed by atoms with van der Waals surface area (Å²) in [4.78, 5) is 42.7. The number of nitrogens with zero attached hydrogens (tertiary/aromatic N) is 3. The highest BCUT2D eigenvalue weighted by molar-refractivity contribution is 7.98. The Labute approximate surface area is 299 Å². The lowest BCUT2D eigenvalue weighted by molar-refractivity contribution is -0.121. The van der Waals surface area contributed by atoms with Crippen LogP contribution in [-0.4, -0.2) is 69.8 Å². The van der Waals surface area contributed by atoms with E-state index in [0.717, 1.165) is 42.1 Å². The fourth-order valence-electron chi connectivity index (χ4n) is 6.89. The molecule has 2 N–H and O–H groups in total. The van der Waals surface area contributed by atoms with Crippen LogP contribution in [0.15, 0.2) is 71.0 Å². The first kappa shape index (κ1) is 35.3. The molecule has 2 aromatic heterocycles. The van der Waals surface area contributed by atoms with Gasteiger partial charge in [0.1, 0.15) is 27.9 Å². The van der Waals surface area contributed by atoms with E-state index in [4.69, 9.17) is 25.8 Å². The van der Waals surface area contributed by atoms with Gasteiger partial charge in [-0.25, -0.2) is 0 Å². The Kier molecular flexibility index (Phi) is 10.4. The Morgan fingerprint density at radius 3 is 2.60 bits per heavy atom. The molecule has 1 aliphatic carbocycles. The van der Waals surface area contributed by atoms with E-state index in [1.165, 1.54) is 20.3 Å². The van der Waals surface area contributed by atoms with Crippen molar-refractivity contribution in [2.24, 2.45) is 5.92 Å². The summed E-state index contributed by atoms with van der Waals surface area (Å²) in [5.41, 5.74) is -0.459. The number of nitrogens with one attached hydrogen (secondary N) is 1. The van der Waals surface area contributed by atoms with Crippen molar-refractivity contribution in [3.63, 3.8) is 0 Å². The molecule has 0 fully saturated rings. The third-order valence-corrected chi connectivity index (χ3v) is 10.7. The number of aliphatic hydroxyl groups is 1.